The molecule has 0 aliphatic carbocycles. The van der Waals surface area contributed by atoms with Crippen LogP contribution in [0.15, 0.2) is 18.2 Å². The van der Waals surface area contributed by atoms with E-state index >= 15 is 0 Å². The molecule has 1 unspecified atom stereocenters. The van der Waals surface area contributed by atoms with Crippen molar-refractivity contribution in [2.45, 2.75) is 25.3 Å². The second kappa shape index (κ2) is 4.30. The number of halogens is 1. The second-order valence-corrected chi connectivity index (χ2v) is 4.61. The number of carbonyl (C=O) groups is 1. The van der Waals surface area contributed by atoms with Crippen LogP contribution in [0.4, 0.5) is 10.1 Å². The van der Waals surface area contributed by atoms with Crippen LogP contribution in [0.5, 0.6) is 0 Å². The lowest BCUT2D eigenvalue weighted by atomic mass is 9.98. The standard InChI is InChI=1S/C13H13FN2O2/c1-13(12(17)18)5-2-6-16(13)11-4-3-10(14)7-9(11)8-15/h3-4,7H,2,5-6H2,1H3,(H,17,18). The number of anilines is 1. The Morgan fingerprint density at radius 3 is 2.94 bits per heavy atom. The minimum atomic E-state index is -1.02. The quantitative estimate of drug-likeness (QED) is 0.870. The molecule has 4 nitrogen and oxygen atoms in total. The molecule has 0 bridgehead atoms. The van der Waals surface area contributed by atoms with E-state index in [0.717, 1.165) is 12.5 Å². The average Bonchev–Trinajstić information content (AvgIpc) is 2.72. The number of benzene rings is 1. The predicted molar refractivity (Wildman–Crippen MR) is 63.7 cm³/mol. The van der Waals surface area contributed by atoms with Gasteiger partial charge < -0.3 is 10.0 Å². The first-order valence-electron chi connectivity index (χ1n) is 5.70. The van der Waals surface area contributed by atoms with Crippen molar-refractivity contribution in [1.82, 2.24) is 0 Å². The molecule has 1 aromatic carbocycles. The van der Waals surface area contributed by atoms with Crippen molar-refractivity contribution in [3.8, 4) is 6.07 Å². The molecule has 5 heteroatoms. The van der Waals surface area contributed by atoms with Crippen molar-refractivity contribution in [3.63, 3.8) is 0 Å². The van der Waals surface area contributed by atoms with Crippen LogP contribution in [0.25, 0.3) is 0 Å². The van der Waals surface area contributed by atoms with Crippen LogP contribution in [0.1, 0.15) is 25.3 Å². The fraction of sp³-hybridized carbons (Fsp3) is 0.385. The Labute approximate surface area is 104 Å². The van der Waals surface area contributed by atoms with Gasteiger partial charge in [-0.2, -0.15) is 5.26 Å². The first kappa shape index (κ1) is 12.4. The highest BCUT2D eigenvalue weighted by molar-refractivity contribution is 5.84. The van der Waals surface area contributed by atoms with E-state index < -0.39 is 17.3 Å². The molecule has 0 spiro atoms. The Morgan fingerprint density at radius 2 is 2.33 bits per heavy atom. The number of nitriles is 1. The molecule has 0 amide bonds. The van der Waals surface area contributed by atoms with Crippen LogP contribution in [0.3, 0.4) is 0 Å². The number of hydrogen-bond acceptors (Lipinski definition) is 3. The van der Waals surface area contributed by atoms with E-state index in [1.54, 1.807) is 11.8 Å². The van der Waals surface area contributed by atoms with Gasteiger partial charge in [-0.15, -0.1) is 0 Å². The van der Waals surface area contributed by atoms with E-state index in [0.29, 0.717) is 18.7 Å². The van der Waals surface area contributed by atoms with Crippen LogP contribution in [-0.2, 0) is 4.79 Å². The molecule has 1 fully saturated rings. The van der Waals surface area contributed by atoms with Gasteiger partial charge in [-0.25, -0.2) is 9.18 Å². The van der Waals surface area contributed by atoms with Crippen molar-refractivity contribution in [3.05, 3.63) is 29.6 Å². The Hall–Kier alpha value is -2.09. The van der Waals surface area contributed by atoms with E-state index in [1.807, 2.05) is 6.07 Å². The molecular weight excluding hydrogens is 235 g/mol. The van der Waals surface area contributed by atoms with E-state index in [9.17, 15) is 14.3 Å². The third-order valence-corrected chi connectivity index (χ3v) is 3.47. The van der Waals surface area contributed by atoms with Crippen molar-refractivity contribution in [2.24, 2.45) is 0 Å². The molecule has 1 aliphatic heterocycles. The summed E-state index contributed by atoms with van der Waals surface area (Å²) >= 11 is 0. The van der Waals surface area contributed by atoms with Gasteiger partial charge in [0.05, 0.1) is 11.3 Å². The first-order valence-corrected chi connectivity index (χ1v) is 5.70. The van der Waals surface area contributed by atoms with Gasteiger partial charge in [0.25, 0.3) is 0 Å². The van der Waals surface area contributed by atoms with Crippen molar-refractivity contribution in [1.29, 1.82) is 5.26 Å². The van der Waals surface area contributed by atoms with Gasteiger partial charge in [0, 0.05) is 6.54 Å². The maximum atomic E-state index is 13.1. The van der Waals surface area contributed by atoms with Crippen molar-refractivity contribution < 1.29 is 14.3 Å². The second-order valence-electron chi connectivity index (χ2n) is 4.61. The predicted octanol–water partition coefficient (Wildman–Crippen LogP) is 2.14. The van der Waals surface area contributed by atoms with Crippen molar-refractivity contribution >= 4 is 11.7 Å². The lowest BCUT2D eigenvalue weighted by Gasteiger charge is -2.33. The van der Waals surface area contributed by atoms with E-state index in [-0.39, 0.29) is 5.56 Å². The zero-order valence-corrected chi connectivity index (χ0v) is 9.98. The number of rotatable bonds is 2. The van der Waals surface area contributed by atoms with Crippen LogP contribution in [0.2, 0.25) is 0 Å². The highest BCUT2D eigenvalue weighted by Gasteiger charge is 2.44. The fourth-order valence-electron chi connectivity index (χ4n) is 2.40. The molecule has 1 aromatic rings. The zero-order valence-electron chi connectivity index (χ0n) is 9.98. The van der Waals surface area contributed by atoms with Gasteiger partial charge in [-0.05, 0) is 38.0 Å². The van der Waals surface area contributed by atoms with Crippen LogP contribution >= 0.6 is 0 Å². The molecule has 2 rings (SSSR count). The summed E-state index contributed by atoms with van der Waals surface area (Å²) in [5.74, 6) is -1.42. The third-order valence-electron chi connectivity index (χ3n) is 3.47. The van der Waals surface area contributed by atoms with Gasteiger partial charge in [0.2, 0.25) is 0 Å². The Balaban J connectivity index is 2.49. The summed E-state index contributed by atoms with van der Waals surface area (Å²) in [4.78, 5) is 13.0. The normalized spacial score (nSPS) is 22.8. The number of nitrogens with zero attached hydrogens (tertiary/aromatic N) is 2. The SMILES string of the molecule is CC1(C(=O)O)CCCN1c1ccc(F)cc1C#N. The molecule has 1 saturated heterocycles. The van der Waals surface area contributed by atoms with Gasteiger partial charge in [0.1, 0.15) is 17.4 Å². The van der Waals surface area contributed by atoms with Gasteiger partial charge in [0.15, 0.2) is 0 Å². The van der Waals surface area contributed by atoms with Gasteiger partial charge in [-0.1, -0.05) is 0 Å². The summed E-state index contributed by atoms with van der Waals surface area (Å²) < 4.78 is 13.1. The first-order chi connectivity index (χ1) is 8.49. The summed E-state index contributed by atoms with van der Waals surface area (Å²) in [5.41, 5.74) is -0.366. The summed E-state index contributed by atoms with van der Waals surface area (Å²) in [6, 6.07) is 5.77. The number of aliphatic carboxylic acids is 1. The number of carboxylic acid groups (broad SMARTS) is 1. The molecule has 0 aromatic heterocycles. The topological polar surface area (TPSA) is 64.3 Å². The summed E-state index contributed by atoms with van der Waals surface area (Å²) in [5, 5.41) is 18.3. The molecule has 94 valence electrons. The smallest absolute Gasteiger partial charge is 0.329 e. The van der Waals surface area contributed by atoms with Gasteiger partial charge in [-0.3, -0.25) is 0 Å². The highest BCUT2D eigenvalue weighted by Crippen LogP contribution is 2.36. The highest BCUT2D eigenvalue weighted by atomic mass is 19.1. The number of hydrogen-bond donors (Lipinski definition) is 1. The third kappa shape index (κ3) is 1.80. The minimum Gasteiger partial charge on any atom is -0.480 e. The maximum absolute atomic E-state index is 13.1. The molecule has 0 saturated carbocycles. The lowest BCUT2D eigenvalue weighted by Crippen LogP contribution is -2.48. The summed E-state index contributed by atoms with van der Waals surface area (Å²) in [7, 11) is 0. The Bertz CT molecular complexity index is 538. The minimum absolute atomic E-state index is 0.171. The summed E-state index contributed by atoms with van der Waals surface area (Å²) in [6.07, 6.45) is 1.26. The fourth-order valence-corrected chi connectivity index (χ4v) is 2.40. The average molecular weight is 248 g/mol. The van der Waals surface area contributed by atoms with Gasteiger partial charge >= 0.3 is 5.97 Å². The lowest BCUT2D eigenvalue weighted by molar-refractivity contribution is -0.142. The van der Waals surface area contributed by atoms with E-state index in [4.69, 9.17) is 5.26 Å². The van der Waals surface area contributed by atoms with E-state index in [1.165, 1.54) is 12.1 Å². The molecule has 1 aliphatic rings. The largest absolute Gasteiger partial charge is 0.480 e. The number of carboxylic acids is 1. The molecule has 1 atom stereocenters. The molecule has 0 radical (unpaired) electrons. The molecule has 18 heavy (non-hydrogen) atoms. The summed E-state index contributed by atoms with van der Waals surface area (Å²) in [6.45, 7) is 2.19. The Morgan fingerprint density at radius 1 is 1.61 bits per heavy atom. The van der Waals surface area contributed by atoms with Crippen molar-refractivity contribution in [2.75, 3.05) is 11.4 Å². The zero-order chi connectivity index (χ0) is 13.3. The Kier molecular flexibility index (Phi) is 2.95. The molecule has 1 N–H and O–H groups in total. The monoisotopic (exact) mass is 248 g/mol. The molecular formula is C13H13FN2O2. The van der Waals surface area contributed by atoms with Crippen LogP contribution in [-0.4, -0.2) is 23.2 Å². The maximum Gasteiger partial charge on any atom is 0.329 e. The van der Waals surface area contributed by atoms with Crippen LogP contribution < -0.4 is 4.90 Å². The van der Waals surface area contributed by atoms with E-state index in [2.05, 4.69) is 0 Å². The molecule has 1 heterocycles. The van der Waals surface area contributed by atoms with Crippen LogP contribution in [0, 0.1) is 17.1 Å².